The summed E-state index contributed by atoms with van der Waals surface area (Å²) in [7, 11) is 0. The van der Waals surface area contributed by atoms with Crippen LogP contribution in [0.4, 0.5) is 5.69 Å². The van der Waals surface area contributed by atoms with Crippen molar-refractivity contribution in [3.05, 3.63) is 77.8 Å². The van der Waals surface area contributed by atoms with Gasteiger partial charge in [0.1, 0.15) is 11.9 Å². The number of unbranched alkanes of at least 4 members (excludes halogenated alkanes) is 3. The quantitative estimate of drug-likeness (QED) is 0.313. The van der Waals surface area contributed by atoms with E-state index in [-0.39, 0.29) is 6.10 Å². The summed E-state index contributed by atoms with van der Waals surface area (Å²) in [5.74, 6) is 0.896. The van der Waals surface area contributed by atoms with Gasteiger partial charge in [-0.05, 0) is 61.2 Å². The Morgan fingerprint density at radius 1 is 1.03 bits per heavy atom. The van der Waals surface area contributed by atoms with E-state index in [1.165, 1.54) is 31.2 Å². The molecule has 0 bridgehead atoms. The molecule has 0 amide bonds. The minimum atomic E-state index is 0.0581. The van der Waals surface area contributed by atoms with Crippen LogP contribution in [0.15, 0.2) is 67.3 Å². The predicted molar refractivity (Wildman–Crippen MR) is 125 cm³/mol. The molecule has 2 aromatic carbocycles. The molecule has 0 aliphatic rings. The Hall–Kier alpha value is -2.46. The smallest absolute Gasteiger partial charge is 0.119 e. The summed E-state index contributed by atoms with van der Waals surface area (Å²) >= 11 is 6.00. The van der Waals surface area contributed by atoms with Crippen molar-refractivity contribution in [2.75, 3.05) is 11.9 Å². The molecule has 30 heavy (non-hydrogen) atoms. The van der Waals surface area contributed by atoms with Gasteiger partial charge in [-0.25, -0.2) is 4.98 Å². The maximum atomic E-state index is 6.34. The number of anilines is 1. The lowest BCUT2D eigenvalue weighted by molar-refractivity contribution is 0.170. The van der Waals surface area contributed by atoms with E-state index in [4.69, 9.17) is 16.3 Å². The van der Waals surface area contributed by atoms with Gasteiger partial charge in [-0.3, -0.25) is 0 Å². The minimum absolute atomic E-state index is 0.0581. The van der Waals surface area contributed by atoms with Crippen molar-refractivity contribution < 1.29 is 4.74 Å². The van der Waals surface area contributed by atoms with Crippen molar-refractivity contribution in [3.8, 4) is 5.75 Å². The van der Waals surface area contributed by atoms with E-state index >= 15 is 0 Å². The molecule has 0 fully saturated rings. The standard InChI is InChI=1S/C25H32ClN3O/c1-2-3-4-5-16-28-23-11-14-24(15-12-23)30-25(19-29-18-17-27-20-29)13-8-21-6-9-22(26)10-7-21/h6-7,9-12,14-15,17-18,20,25,28H,2-5,8,13,16,19H2,1H3. The maximum absolute atomic E-state index is 6.34. The highest BCUT2D eigenvalue weighted by Gasteiger charge is 2.12. The van der Waals surface area contributed by atoms with Gasteiger partial charge in [-0.15, -0.1) is 0 Å². The molecular formula is C25H32ClN3O. The van der Waals surface area contributed by atoms with Crippen LogP contribution in [-0.2, 0) is 13.0 Å². The molecule has 1 atom stereocenters. The molecule has 5 heteroatoms. The number of ether oxygens (including phenoxy) is 1. The van der Waals surface area contributed by atoms with Crippen molar-refractivity contribution in [2.24, 2.45) is 0 Å². The van der Waals surface area contributed by atoms with Gasteiger partial charge in [-0.2, -0.15) is 0 Å². The Labute approximate surface area is 185 Å². The van der Waals surface area contributed by atoms with Gasteiger partial charge >= 0.3 is 0 Å². The molecule has 0 aliphatic carbocycles. The van der Waals surface area contributed by atoms with Gasteiger partial charge in [0, 0.05) is 29.6 Å². The zero-order valence-electron chi connectivity index (χ0n) is 17.8. The van der Waals surface area contributed by atoms with Crippen LogP contribution in [0.1, 0.15) is 44.6 Å². The van der Waals surface area contributed by atoms with Gasteiger partial charge in [0.2, 0.25) is 0 Å². The molecule has 1 N–H and O–H groups in total. The predicted octanol–water partition coefficient (Wildman–Crippen LogP) is 6.61. The summed E-state index contributed by atoms with van der Waals surface area (Å²) in [6.07, 6.45) is 12.6. The van der Waals surface area contributed by atoms with E-state index in [2.05, 4.69) is 58.2 Å². The van der Waals surface area contributed by atoms with Gasteiger partial charge in [0.25, 0.3) is 0 Å². The highest BCUT2D eigenvalue weighted by Crippen LogP contribution is 2.20. The summed E-state index contributed by atoms with van der Waals surface area (Å²) in [6, 6.07) is 16.3. The monoisotopic (exact) mass is 425 g/mol. The van der Waals surface area contributed by atoms with Gasteiger partial charge < -0.3 is 14.6 Å². The maximum Gasteiger partial charge on any atom is 0.119 e. The van der Waals surface area contributed by atoms with Crippen molar-refractivity contribution >= 4 is 17.3 Å². The first-order valence-corrected chi connectivity index (χ1v) is 11.3. The Balaban J connectivity index is 1.54. The van der Waals surface area contributed by atoms with Crippen LogP contribution in [-0.4, -0.2) is 22.2 Å². The molecule has 0 saturated heterocycles. The van der Waals surface area contributed by atoms with Crippen molar-refractivity contribution in [2.45, 2.75) is 58.1 Å². The normalized spacial score (nSPS) is 11.9. The molecule has 1 heterocycles. The number of halogens is 1. The van der Waals surface area contributed by atoms with Crippen LogP contribution < -0.4 is 10.1 Å². The molecule has 3 aromatic rings. The van der Waals surface area contributed by atoms with Gasteiger partial charge in [0.15, 0.2) is 0 Å². The lowest BCUT2D eigenvalue weighted by atomic mass is 10.1. The Bertz CT molecular complexity index is 832. The number of imidazole rings is 1. The molecular weight excluding hydrogens is 394 g/mol. The van der Waals surface area contributed by atoms with Crippen molar-refractivity contribution in [3.63, 3.8) is 0 Å². The molecule has 4 nitrogen and oxygen atoms in total. The first-order chi connectivity index (χ1) is 14.7. The summed E-state index contributed by atoms with van der Waals surface area (Å²) in [4.78, 5) is 4.15. The Morgan fingerprint density at radius 2 is 1.83 bits per heavy atom. The number of nitrogens with zero attached hydrogens (tertiary/aromatic N) is 2. The number of hydrogen-bond acceptors (Lipinski definition) is 3. The average Bonchev–Trinajstić information content (AvgIpc) is 3.27. The zero-order chi connectivity index (χ0) is 21.0. The number of rotatable bonds is 13. The largest absolute Gasteiger partial charge is 0.489 e. The third-order valence-corrected chi connectivity index (χ3v) is 5.41. The molecule has 3 rings (SSSR count). The van der Waals surface area contributed by atoms with E-state index in [0.717, 1.165) is 42.4 Å². The van der Waals surface area contributed by atoms with E-state index in [1.54, 1.807) is 6.20 Å². The topological polar surface area (TPSA) is 39.1 Å². The summed E-state index contributed by atoms with van der Waals surface area (Å²) in [5, 5.41) is 4.26. The summed E-state index contributed by atoms with van der Waals surface area (Å²) in [6.45, 7) is 4.03. The highest BCUT2D eigenvalue weighted by atomic mass is 35.5. The van der Waals surface area contributed by atoms with E-state index in [9.17, 15) is 0 Å². The molecule has 160 valence electrons. The average molecular weight is 426 g/mol. The Morgan fingerprint density at radius 3 is 2.53 bits per heavy atom. The SMILES string of the molecule is CCCCCCNc1ccc(OC(CCc2ccc(Cl)cc2)Cn2ccnc2)cc1. The molecule has 1 unspecified atom stereocenters. The van der Waals surface area contributed by atoms with Crippen LogP contribution in [0.25, 0.3) is 0 Å². The van der Waals surface area contributed by atoms with Crippen LogP contribution >= 0.6 is 11.6 Å². The molecule has 1 aromatic heterocycles. The fourth-order valence-corrected chi connectivity index (χ4v) is 3.55. The van der Waals surface area contributed by atoms with E-state index < -0.39 is 0 Å². The number of hydrogen-bond donors (Lipinski definition) is 1. The van der Waals surface area contributed by atoms with Crippen LogP contribution in [0.2, 0.25) is 5.02 Å². The van der Waals surface area contributed by atoms with Crippen LogP contribution in [0, 0.1) is 0 Å². The lowest BCUT2D eigenvalue weighted by Gasteiger charge is -2.20. The second-order valence-electron chi connectivity index (χ2n) is 7.68. The number of aryl methyl sites for hydroxylation is 1. The number of nitrogens with one attached hydrogen (secondary N) is 1. The zero-order valence-corrected chi connectivity index (χ0v) is 18.5. The number of aromatic nitrogens is 2. The van der Waals surface area contributed by atoms with Crippen LogP contribution in [0.3, 0.4) is 0 Å². The van der Waals surface area contributed by atoms with Gasteiger partial charge in [-0.1, -0.05) is 49.9 Å². The molecule has 0 radical (unpaired) electrons. The molecule has 0 aliphatic heterocycles. The van der Waals surface area contributed by atoms with Crippen LogP contribution in [0.5, 0.6) is 5.75 Å². The second kappa shape index (κ2) is 12.3. The van der Waals surface area contributed by atoms with E-state index in [0.29, 0.717) is 0 Å². The van der Waals surface area contributed by atoms with E-state index in [1.807, 2.05) is 24.7 Å². The highest BCUT2D eigenvalue weighted by molar-refractivity contribution is 6.30. The lowest BCUT2D eigenvalue weighted by Crippen LogP contribution is -2.23. The summed E-state index contributed by atoms with van der Waals surface area (Å²) < 4.78 is 8.41. The van der Waals surface area contributed by atoms with Crippen molar-refractivity contribution in [1.29, 1.82) is 0 Å². The third-order valence-electron chi connectivity index (χ3n) is 5.16. The fraction of sp³-hybridized carbons (Fsp3) is 0.400. The van der Waals surface area contributed by atoms with Gasteiger partial charge in [0.05, 0.1) is 12.9 Å². The fourth-order valence-electron chi connectivity index (χ4n) is 3.42. The first kappa shape index (κ1) is 22.2. The minimum Gasteiger partial charge on any atom is -0.489 e. The Kier molecular flexibility index (Phi) is 9.10. The van der Waals surface area contributed by atoms with Crippen molar-refractivity contribution in [1.82, 2.24) is 9.55 Å². The second-order valence-corrected chi connectivity index (χ2v) is 8.11. The third kappa shape index (κ3) is 7.75. The summed E-state index contributed by atoms with van der Waals surface area (Å²) in [5.41, 5.74) is 2.41. The number of benzene rings is 2. The molecule has 0 saturated carbocycles. The first-order valence-electron chi connectivity index (χ1n) is 10.9. The molecule has 0 spiro atoms.